The zero-order chi connectivity index (χ0) is 15.9. The molecule has 0 saturated carbocycles. The van der Waals surface area contributed by atoms with Crippen LogP contribution in [0.25, 0.3) is 0 Å². The molecule has 122 valence electrons. The lowest BCUT2D eigenvalue weighted by atomic mass is 10.4. The number of thiophene rings is 1. The minimum atomic E-state index is -4.34. The van der Waals surface area contributed by atoms with E-state index < -0.39 is 15.5 Å². The monoisotopic (exact) mass is 362 g/mol. The number of rotatable bonds is 9. The Morgan fingerprint density at radius 1 is 1.29 bits per heavy atom. The molecule has 0 aromatic carbocycles. The van der Waals surface area contributed by atoms with Crippen molar-refractivity contribution in [1.29, 1.82) is 0 Å². The Morgan fingerprint density at radius 3 is 2.62 bits per heavy atom. The van der Waals surface area contributed by atoms with Crippen LogP contribution < -0.4 is 10.0 Å². The predicted molar refractivity (Wildman–Crippen MR) is 80.0 cm³/mol. The van der Waals surface area contributed by atoms with Crippen LogP contribution in [0.3, 0.4) is 0 Å². The molecule has 0 aliphatic heterocycles. The first-order valence-corrected chi connectivity index (χ1v) is 9.53. The number of halogens is 3. The van der Waals surface area contributed by atoms with E-state index in [-0.39, 0.29) is 28.3 Å². The highest BCUT2D eigenvalue weighted by molar-refractivity contribution is 8.00. The lowest BCUT2D eigenvalue weighted by Gasteiger charge is -2.06. The van der Waals surface area contributed by atoms with E-state index in [1.54, 1.807) is 6.07 Å². The molecule has 1 rings (SSSR count). The van der Waals surface area contributed by atoms with Gasteiger partial charge in [0.1, 0.15) is 4.21 Å². The van der Waals surface area contributed by atoms with E-state index >= 15 is 0 Å². The summed E-state index contributed by atoms with van der Waals surface area (Å²) in [5, 5.41) is 3.15. The molecular formula is C11H17F3N2O2S3. The molecular weight excluding hydrogens is 345 g/mol. The second kappa shape index (κ2) is 8.37. The van der Waals surface area contributed by atoms with E-state index in [0.29, 0.717) is 6.54 Å². The van der Waals surface area contributed by atoms with Crippen molar-refractivity contribution in [2.75, 3.05) is 18.8 Å². The van der Waals surface area contributed by atoms with Crippen LogP contribution in [0.1, 0.15) is 18.2 Å². The van der Waals surface area contributed by atoms with E-state index in [1.807, 2.05) is 6.92 Å². The summed E-state index contributed by atoms with van der Waals surface area (Å²) in [4.78, 5) is 0.869. The van der Waals surface area contributed by atoms with Crippen molar-refractivity contribution in [3.63, 3.8) is 0 Å². The zero-order valence-corrected chi connectivity index (χ0v) is 13.8. The van der Waals surface area contributed by atoms with Gasteiger partial charge in [0.2, 0.25) is 10.0 Å². The van der Waals surface area contributed by atoms with Crippen LogP contribution >= 0.6 is 23.1 Å². The van der Waals surface area contributed by atoms with Gasteiger partial charge in [-0.15, -0.1) is 11.3 Å². The molecule has 0 atom stereocenters. The molecule has 1 aromatic rings. The van der Waals surface area contributed by atoms with Gasteiger partial charge >= 0.3 is 5.51 Å². The molecule has 1 aromatic heterocycles. The van der Waals surface area contributed by atoms with Gasteiger partial charge in [-0.25, -0.2) is 13.1 Å². The van der Waals surface area contributed by atoms with E-state index in [1.165, 1.54) is 6.07 Å². The third kappa shape index (κ3) is 7.50. The Kier molecular flexibility index (Phi) is 7.48. The van der Waals surface area contributed by atoms with Crippen molar-refractivity contribution in [3.8, 4) is 0 Å². The van der Waals surface area contributed by atoms with Crippen molar-refractivity contribution in [2.45, 2.75) is 29.6 Å². The molecule has 0 spiro atoms. The molecule has 0 aliphatic rings. The molecule has 2 N–H and O–H groups in total. The normalized spacial score (nSPS) is 12.8. The molecule has 0 unspecified atom stereocenters. The highest BCUT2D eigenvalue weighted by Gasteiger charge is 2.27. The van der Waals surface area contributed by atoms with E-state index in [9.17, 15) is 21.6 Å². The molecule has 0 radical (unpaired) electrons. The SMILES string of the molecule is CCCNCc1ccc(S(=O)(=O)NCCSC(F)(F)F)s1. The van der Waals surface area contributed by atoms with Gasteiger partial charge in [0, 0.05) is 23.7 Å². The number of sulfonamides is 1. The summed E-state index contributed by atoms with van der Waals surface area (Å²) in [6.07, 6.45) is 0.981. The van der Waals surface area contributed by atoms with Gasteiger partial charge in [0.05, 0.1) is 0 Å². The summed E-state index contributed by atoms with van der Waals surface area (Å²) in [5.41, 5.74) is -4.34. The lowest BCUT2D eigenvalue weighted by Crippen LogP contribution is -2.26. The molecule has 0 amide bonds. The summed E-state index contributed by atoms with van der Waals surface area (Å²) in [5.74, 6) is -0.348. The Bertz CT molecular complexity index is 529. The second-order valence-electron chi connectivity index (χ2n) is 4.09. The molecule has 0 fully saturated rings. The summed E-state index contributed by atoms with van der Waals surface area (Å²) in [6, 6.07) is 3.17. The smallest absolute Gasteiger partial charge is 0.312 e. The number of nitrogens with one attached hydrogen (secondary N) is 2. The first kappa shape index (κ1) is 18.8. The average Bonchev–Trinajstić information content (AvgIpc) is 2.84. The van der Waals surface area contributed by atoms with Crippen molar-refractivity contribution in [2.24, 2.45) is 0 Å². The van der Waals surface area contributed by atoms with E-state index in [4.69, 9.17) is 0 Å². The molecule has 0 aliphatic carbocycles. The van der Waals surface area contributed by atoms with Crippen molar-refractivity contribution in [1.82, 2.24) is 10.0 Å². The molecule has 1 heterocycles. The van der Waals surface area contributed by atoms with Crippen molar-refractivity contribution in [3.05, 3.63) is 17.0 Å². The highest BCUT2D eigenvalue weighted by atomic mass is 32.2. The average molecular weight is 362 g/mol. The fraction of sp³-hybridized carbons (Fsp3) is 0.636. The minimum absolute atomic E-state index is 0.118. The maximum Gasteiger partial charge on any atom is 0.441 e. The van der Waals surface area contributed by atoms with Crippen LogP contribution in [0, 0.1) is 0 Å². The third-order valence-corrected chi connectivity index (χ3v) is 6.06. The Hall–Kier alpha value is -0.290. The summed E-state index contributed by atoms with van der Waals surface area (Å²) in [6.45, 7) is 3.19. The Balaban J connectivity index is 2.47. The fourth-order valence-corrected chi connectivity index (χ4v) is 4.37. The quantitative estimate of drug-likeness (QED) is 0.663. The van der Waals surface area contributed by atoms with Gasteiger partial charge in [-0.3, -0.25) is 0 Å². The van der Waals surface area contributed by atoms with E-state index in [0.717, 1.165) is 29.2 Å². The fourth-order valence-electron chi connectivity index (χ4n) is 1.40. The van der Waals surface area contributed by atoms with Gasteiger partial charge in [0.25, 0.3) is 0 Å². The number of hydrogen-bond acceptors (Lipinski definition) is 5. The summed E-state index contributed by atoms with van der Waals surface area (Å²) < 4.78 is 61.9. The second-order valence-corrected chi connectivity index (χ2v) is 8.41. The first-order chi connectivity index (χ1) is 9.74. The molecule has 10 heteroatoms. The van der Waals surface area contributed by atoms with Crippen molar-refractivity contribution >= 4 is 33.1 Å². The zero-order valence-electron chi connectivity index (χ0n) is 11.4. The highest BCUT2D eigenvalue weighted by Crippen LogP contribution is 2.29. The molecule has 0 bridgehead atoms. The van der Waals surface area contributed by atoms with Crippen LogP contribution in [-0.4, -0.2) is 32.8 Å². The Morgan fingerprint density at radius 2 is 2.00 bits per heavy atom. The molecule has 4 nitrogen and oxygen atoms in total. The first-order valence-electron chi connectivity index (χ1n) is 6.24. The van der Waals surface area contributed by atoms with Crippen LogP contribution in [0.5, 0.6) is 0 Å². The maximum absolute atomic E-state index is 11.9. The van der Waals surface area contributed by atoms with E-state index in [2.05, 4.69) is 10.0 Å². The van der Waals surface area contributed by atoms with Gasteiger partial charge in [-0.1, -0.05) is 6.92 Å². The van der Waals surface area contributed by atoms with Crippen LogP contribution in [-0.2, 0) is 16.6 Å². The van der Waals surface area contributed by atoms with Crippen LogP contribution in [0.2, 0.25) is 0 Å². The topological polar surface area (TPSA) is 58.2 Å². The van der Waals surface area contributed by atoms with Gasteiger partial charge in [-0.2, -0.15) is 13.2 Å². The van der Waals surface area contributed by atoms with Crippen LogP contribution in [0.15, 0.2) is 16.3 Å². The minimum Gasteiger partial charge on any atom is -0.312 e. The summed E-state index contributed by atoms with van der Waals surface area (Å²) in [7, 11) is -3.73. The number of alkyl halides is 3. The molecule has 21 heavy (non-hydrogen) atoms. The van der Waals surface area contributed by atoms with Crippen LogP contribution in [0.4, 0.5) is 13.2 Å². The predicted octanol–water partition coefficient (Wildman–Crippen LogP) is 2.78. The molecule has 0 saturated heterocycles. The van der Waals surface area contributed by atoms with Gasteiger partial charge < -0.3 is 5.32 Å². The standard InChI is InChI=1S/C11H17F3N2O2S3/c1-2-5-15-8-9-3-4-10(20-9)21(17,18)16-6-7-19-11(12,13)14/h3-4,15-16H,2,5-8H2,1H3. The number of hydrogen-bond donors (Lipinski definition) is 2. The third-order valence-electron chi connectivity index (χ3n) is 2.29. The maximum atomic E-state index is 11.9. The van der Waals surface area contributed by atoms with Gasteiger partial charge in [-0.05, 0) is 36.9 Å². The summed E-state index contributed by atoms with van der Waals surface area (Å²) >= 11 is 0.867. The Labute approximate surface area is 130 Å². The lowest BCUT2D eigenvalue weighted by molar-refractivity contribution is -0.0327. The largest absolute Gasteiger partial charge is 0.441 e. The number of thioether (sulfide) groups is 1. The van der Waals surface area contributed by atoms with Crippen molar-refractivity contribution < 1.29 is 21.6 Å². The van der Waals surface area contributed by atoms with Gasteiger partial charge in [0.15, 0.2) is 0 Å².